The molecule has 0 radical (unpaired) electrons. The number of nitrogens with one attached hydrogen (secondary N) is 1. The van der Waals surface area contributed by atoms with Crippen molar-refractivity contribution in [2.24, 2.45) is 0 Å². The van der Waals surface area contributed by atoms with Gasteiger partial charge in [0.1, 0.15) is 5.69 Å². The van der Waals surface area contributed by atoms with Gasteiger partial charge in [0.25, 0.3) is 11.6 Å². The van der Waals surface area contributed by atoms with Crippen molar-refractivity contribution in [3.8, 4) is 11.1 Å². The van der Waals surface area contributed by atoms with Gasteiger partial charge in [-0.3, -0.25) is 14.9 Å². The van der Waals surface area contributed by atoms with E-state index in [9.17, 15) is 14.9 Å². The third-order valence-corrected chi connectivity index (χ3v) is 5.57. The molecule has 0 spiro atoms. The quantitative estimate of drug-likeness (QED) is 0.258. The SMILES string of the molecule is CN(Cc1ccccc1)C(=O)c1cccc(-c2ccc([N+](=O)[O-])c(NCc3ccccc3)c2)c1. The fourth-order valence-electron chi connectivity index (χ4n) is 3.79. The van der Waals surface area contributed by atoms with Gasteiger partial charge in [-0.1, -0.05) is 72.8 Å². The van der Waals surface area contributed by atoms with E-state index in [0.717, 1.165) is 22.3 Å². The molecule has 1 amide bonds. The van der Waals surface area contributed by atoms with Crippen LogP contribution in [0.4, 0.5) is 11.4 Å². The molecule has 170 valence electrons. The fraction of sp³-hybridized carbons (Fsp3) is 0.107. The highest BCUT2D eigenvalue weighted by Crippen LogP contribution is 2.31. The number of rotatable bonds is 8. The van der Waals surface area contributed by atoms with Gasteiger partial charge in [0.2, 0.25) is 0 Å². The number of nitrogens with zero attached hydrogens (tertiary/aromatic N) is 2. The van der Waals surface area contributed by atoms with E-state index in [1.807, 2.05) is 78.9 Å². The highest BCUT2D eigenvalue weighted by atomic mass is 16.6. The molecule has 6 heteroatoms. The van der Waals surface area contributed by atoms with E-state index in [4.69, 9.17) is 0 Å². The normalized spacial score (nSPS) is 10.5. The van der Waals surface area contributed by atoms with E-state index in [0.29, 0.717) is 24.3 Å². The summed E-state index contributed by atoms with van der Waals surface area (Å²) in [6, 6.07) is 31.8. The van der Waals surface area contributed by atoms with Gasteiger partial charge in [0.15, 0.2) is 0 Å². The number of hydrogen-bond donors (Lipinski definition) is 1. The van der Waals surface area contributed by atoms with Gasteiger partial charge in [-0.15, -0.1) is 0 Å². The van der Waals surface area contributed by atoms with Gasteiger partial charge in [0.05, 0.1) is 4.92 Å². The van der Waals surface area contributed by atoms with Crippen molar-refractivity contribution >= 4 is 17.3 Å². The Balaban J connectivity index is 1.57. The van der Waals surface area contributed by atoms with Crippen LogP contribution in [0, 0.1) is 10.1 Å². The van der Waals surface area contributed by atoms with Crippen LogP contribution < -0.4 is 5.32 Å². The Kier molecular flexibility index (Phi) is 6.98. The van der Waals surface area contributed by atoms with E-state index < -0.39 is 4.92 Å². The van der Waals surface area contributed by atoms with Crippen molar-refractivity contribution in [3.05, 3.63) is 130 Å². The molecule has 0 saturated carbocycles. The average molecular weight is 452 g/mol. The first kappa shape index (κ1) is 22.7. The minimum Gasteiger partial charge on any atom is -0.375 e. The lowest BCUT2D eigenvalue weighted by Crippen LogP contribution is -2.26. The van der Waals surface area contributed by atoms with Crippen LogP contribution in [0.15, 0.2) is 103 Å². The molecule has 0 heterocycles. The smallest absolute Gasteiger partial charge is 0.292 e. The lowest BCUT2D eigenvalue weighted by molar-refractivity contribution is -0.384. The predicted octanol–water partition coefficient (Wildman–Crippen LogP) is 6.15. The van der Waals surface area contributed by atoms with Crippen LogP contribution in [0.25, 0.3) is 11.1 Å². The Hall–Kier alpha value is -4.45. The lowest BCUT2D eigenvalue weighted by Gasteiger charge is -2.18. The van der Waals surface area contributed by atoms with Crippen LogP contribution in [0.3, 0.4) is 0 Å². The third kappa shape index (κ3) is 5.48. The second-order valence-electron chi connectivity index (χ2n) is 8.06. The summed E-state index contributed by atoms with van der Waals surface area (Å²) in [7, 11) is 1.78. The van der Waals surface area contributed by atoms with Crippen molar-refractivity contribution in [1.29, 1.82) is 0 Å². The largest absolute Gasteiger partial charge is 0.375 e. The molecular formula is C28H25N3O3. The molecule has 4 rings (SSSR count). The minimum absolute atomic E-state index is 0.00880. The summed E-state index contributed by atoms with van der Waals surface area (Å²) in [6.45, 7) is 0.975. The molecule has 6 nitrogen and oxygen atoms in total. The monoisotopic (exact) mass is 451 g/mol. The number of carbonyl (C=O) groups excluding carboxylic acids is 1. The first-order chi connectivity index (χ1) is 16.5. The Labute approximate surface area is 198 Å². The van der Waals surface area contributed by atoms with Gasteiger partial charge in [0, 0.05) is 31.8 Å². The molecule has 0 saturated heterocycles. The molecule has 0 aliphatic rings. The number of carbonyl (C=O) groups is 1. The van der Waals surface area contributed by atoms with Gasteiger partial charge in [-0.25, -0.2) is 0 Å². The molecule has 0 aliphatic carbocycles. The van der Waals surface area contributed by atoms with E-state index >= 15 is 0 Å². The van der Waals surface area contributed by atoms with Gasteiger partial charge in [-0.2, -0.15) is 0 Å². The molecule has 0 aromatic heterocycles. The topological polar surface area (TPSA) is 75.5 Å². The maximum absolute atomic E-state index is 13.0. The second kappa shape index (κ2) is 10.4. The molecule has 1 N–H and O–H groups in total. The highest BCUT2D eigenvalue weighted by Gasteiger charge is 2.17. The summed E-state index contributed by atoms with van der Waals surface area (Å²) >= 11 is 0. The fourth-order valence-corrected chi connectivity index (χ4v) is 3.79. The number of nitro groups is 1. The van der Waals surface area contributed by atoms with Crippen LogP contribution >= 0.6 is 0 Å². The molecule has 0 bridgehead atoms. The lowest BCUT2D eigenvalue weighted by atomic mass is 10.0. The summed E-state index contributed by atoms with van der Waals surface area (Å²) < 4.78 is 0. The molecule has 0 unspecified atom stereocenters. The van der Waals surface area contributed by atoms with Gasteiger partial charge >= 0.3 is 0 Å². The summed E-state index contributed by atoms with van der Waals surface area (Å²) in [5.74, 6) is -0.0879. The second-order valence-corrected chi connectivity index (χ2v) is 8.06. The van der Waals surface area contributed by atoms with E-state index in [2.05, 4.69) is 5.32 Å². The van der Waals surface area contributed by atoms with E-state index in [-0.39, 0.29) is 11.6 Å². The average Bonchev–Trinajstić information content (AvgIpc) is 2.88. The molecule has 0 aliphatic heterocycles. The zero-order valence-corrected chi connectivity index (χ0v) is 18.8. The molecule has 34 heavy (non-hydrogen) atoms. The van der Waals surface area contributed by atoms with E-state index in [1.165, 1.54) is 6.07 Å². The molecule has 0 fully saturated rings. The predicted molar refractivity (Wildman–Crippen MR) is 135 cm³/mol. The van der Waals surface area contributed by atoms with Crippen LogP contribution in [0.5, 0.6) is 0 Å². The standard InChI is InChI=1S/C28H25N3O3/c1-30(20-22-11-6-3-7-12-22)28(32)25-14-8-13-23(17-25)24-15-16-27(31(33)34)26(18-24)29-19-21-9-4-2-5-10-21/h2-18,29H,19-20H2,1H3. The number of hydrogen-bond acceptors (Lipinski definition) is 4. The number of anilines is 1. The molecule has 4 aromatic carbocycles. The van der Waals surface area contributed by atoms with Crippen LogP contribution in [-0.2, 0) is 13.1 Å². The van der Waals surface area contributed by atoms with Crippen molar-refractivity contribution in [2.75, 3.05) is 12.4 Å². The maximum Gasteiger partial charge on any atom is 0.292 e. The minimum atomic E-state index is -0.393. The Morgan fingerprint density at radius 1 is 0.824 bits per heavy atom. The van der Waals surface area contributed by atoms with Gasteiger partial charge < -0.3 is 10.2 Å². The number of amides is 1. The van der Waals surface area contributed by atoms with Crippen molar-refractivity contribution < 1.29 is 9.72 Å². The van der Waals surface area contributed by atoms with Gasteiger partial charge in [-0.05, 0) is 46.5 Å². The Morgan fingerprint density at radius 2 is 1.47 bits per heavy atom. The van der Waals surface area contributed by atoms with Crippen molar-refractivity contribution in [3.63, 3.8) is 0 Å². The summed E-state index contributed by atoms with van der Waals surface area (Å²) in [4.78, 5) is 25.9. The van der Waals surface area contributed by atoms with Crippen LogP contribution in [0.1, 0.15) is 21.5 Å². The van der Waals surface area contributed by atoms with E-state index in [1.54, 1.807) is 30.1 Å². The number of nitro benzene ring substituents is 1. The number of benzene rings is 4. The maximum atomic E-state index is 13.0. The van der Waals surface area contributed by atoms with Crippen LogP contribution in [-0.4, -0.2) is 22.8 Å². The Morgan fingerprint density at radius 3 is 2.15 bits per heavy atom. The summed E-state index contributed by atoms with van der Waals surface area (Å²) in [6.07, 6.45) is 0. The van der Waals surface area contributed by atoms with Crippen molar-refractivity contribution in [2.45, 2.75) is 13.1 Å². The first-order valence-corrected chi connectivity index (χ1v) is 11.0. The zero-order chi connectivity index (χ0) is 23.9. The van der Waals surface area contributed by atoms with Crippen LogP contribution in [0.2, 0.25) is 0 Å². The molecule has 4 aromatic rings. The highest BCUT2D eigenvalue weighted by molar-refractivity contribution is 5.95. The third-order valence-electron chi connectivity index (χ3n) is 5.57. The summed E-state index contributed by atoms with van der Waals surface area (Å²) in [5, 5.41) is 14.8. The Bertz CT molecular complexity index is 1290. The van der Waals surface area contributed by atoms with Crippen molar-refractivity contribution in [1.82, 2.24) is 4.90 Å². The zero-order valence-electron chi connectivity index (χ0n) is 18.8. The first-order valence-electron chi connectivity index (χ1n) is 11.0. The molecule has 0 atom stereocenters. The summed E-state index contributed by atoms with van der Waals surface area (Å²) in [5.41, 5.74) is 4.69. The molecular weight excluding hydrogens is 426 g/mol.